The van der Waals surface area contributed by atoms with Crippen molar-refractivity contribution in [1.29, 1.82) is 0 Å². The predicted octanol–water partition coefficient (Wildman–Crippen LogP) is 2.15. The third-order valence-corrected chi connectivity index (χ3v) is 4.57. The lowest BCUT2D eigenvalue weighted by Crippen LogP contribution is -2.32. The molecule has 0 aliphatic carbocycles. The lowest BCUT2D eigenvalue weighted by molar-refractivity contribution is -0.116. The third kappa shape index (κ3) is 5.45. The Balaban J connectivity index is 1.39. The minimum absolute atomic E-state index is 0.0285. The van der Waals surface area contributed by atoms with E-state index in [9.17, 15) is 9.90 Å². The molecular formula is C21H26N2O4. The summed E-state index contributed by atoms with van der Waals surface area (Å²) in [6, 6.07) is 13.6. The van der Waals surface area contributed by atoms with Crippen LogP contribution in [0.15, 0.2) is 42.5 Å². The van der Waals surface area contributed by atoms with Crippen LogP contribution in [0.4, 0.5) is 5.69 Å². The first-order valence-corrected chi connectivity index (χ1v) is 9.22. The number of anilines is 1. The number of nitrogens with one attached hydrogen (secondary N) is 2. The van der Waals surface area contributed by atoms with Crippen molar-refractivity contribution in [2.75, 3.05) is 32.1 Å². The molecule has 1 amide bonds. The van der Waals surface area contributed by atoms with Crippen LogP contribution < -0.4 is 20.1 Å². The van der Waals surface area contributed by atoms with E-state index in [4.69, 9.17) is 9.47 Å². The van der Waals surface area contributed by atoms with Gasteiger partial charge in [0.15, 0.2) is 0 Å². The van der Waals surface area contributed by atoms with Crippen LogP contribution in [0.1, 0.15) is 17.5 Å². The fourth-order valence-electron chi connectivity index (χ4n) is 3.07. The number of aliphatic hydroxyl groups excluding tert-OH is 1. The maximum Gasteiger partial charge on any atom is 0.224 e. The molecule has 1 heterocycles. The van der Waals surface area contributed by atoms with Crippen LogP contribution in [0.2, 0.25) is 0 Å². The molecule has 0 saturated carbocycles. The van der Waals surface area contributed by atoms with Gasteiger partial charge in [0, 0.05) is 24.2 Å². The highest BCUT2D eigenvalue weighted by Gasteiger charge is 2.18. The third-order valence-electron chi connectivity index (χ3n) is 4.57. The summed E-state index contributed by atoms with van der Waals surface area (Å²) in [6.07, 6.45) is 1.40. The fourth-order valence-corrected chi connectivity index (χ4v) is 3.07. The summed E-state index contributed by atoms with van der Waals surface area (Å²) in [5.41, 5.74) is 3.01. The first-order chi connectivity index (χ1) is 13.2. The second-order valence-corrected chi connectivity index (χ2v) is 6.60. The molecule has 1 atom stereocenters. The van der Waals surface area contributed by atoms with Crippen molar-refractivity contribution in [2.24, 2.45) is 0 Å². The Bertz CT molecular complexity index is 761. The molecule has 6 heteroatoms. The van der Waals surface area contributed by atoms with Gasteiger partial charge in [-0.05, 0) is 49.2 Å². The average Bonchev–Trinajstić information content (AvgIpc) is 2.69. The van der Waals surface area contributed by atoms with Crippen molar-refractivity contribution >= 4 is 11.6 Å². The topological polar surface area (TPSA) is 79.8 Å². The van der Waals surface area contributed by atoms with Gasteiger partial charge < -0.3 is 25.2 Å². The largest absolute Gasteiger partial charge is 0.497 e. The molecule has 0 saturated heterocycles. The number of rotatable bonds is 9. The molecule has 27 heavy (non-hydrogen) atoms. The lowest BCUT2D eigenvalue weighted by atomic mass is 10.0. The summed E-state index contributed by atoms with van der Waals surface area (Å²) in [5, 5.41) is 16.2. The molecule has 0 unspecified atom stereocenters. The molecule has 2 aromatic carbocycles. The van der Waals surface area contributed by atoms with Crippen LogP contribution >= 0.6 is 0 Å². The second kappa shape index (κ2) is 9.39. The van der Waals surface area contributed by atoms with E-state index in [1.54, 1.807) is 7.11 Å². The van der Waals surface area contributed by atoms with Gasteiger partial charge in [0.25, 0.3) is 0 Å². The van der Waals surface area contributed by atoms with Gasteiger partial charge in [-0.15, -0.1) is 0 Å². The lowest BCUT2D eigenvalue weighted by Gasteiger charge is -2.21. The van der Waals surface area contributed by atoms with Crippen LogP contribution in [0.3, 0.4) is 0 Å². The van der Waals surface area contributed by atoms with E-state index in [1.807, 2.05) is 42.5 Å². The number of aliphatic hydroxyl groups is 1. The maximum absolute atomic E-state index is 11.5. The Morgan fingerprint density at radius 1 is 1.19 bits per heavy atom. The number of methoxy groups -OCH3 is 1. The second-order valence-electron chi connectivity index (χ2n) is 6.60. The van der Waals surface area contributed by atoms with E-state index >= 15 is 0 Å². The van der Waals surface area contributed by atoms with Gasteiger partial charge in [0.05, 0.1) is 7.11 Å². The Hall–Kier alpha value is -2.57. The van der Waals surface area contributed by atoms with Gasteiger partial charge >= 0.3 is 0 Å². The number of carbonyl (C=O) groups excluding carboxylic acids is 1. The van der Waals surface area contributed by atoms with Gasteiger partial charge in [-0.25, -0.2) is 0 Å². The molecule has 0 spiro atoms. The predicted molar refractivity (Wildman–Crippen MR) is 104 cm³/mol. The molecule has 0 aromatic heterocycles. The Morgan fingerprint density at radius 3 is 2.78 bits per heavy atom. The van der Waals surface area contributed by atoms with Crippen LogP contribution in [0.25, 0.3) is 0 Å². The molecule has 144 valence electrons. The quantitative estimate of drug-likeness (QED) is 0.590. The summed E-state index contributed by atoms with van der Waals surface area (Å²) in [5.74, 6) is 1.60. The zero-order chi connectivity index (χ0) is 19.1. The molecule has 0 radical (unpaired) electrons. The highest BCUT2D eigenvalue weighted by atomic mass is 16.5. The normalized spacial score (nSPS) is 14.2. The number of carbonyl (C=O) groups is 1. The summed E-state index contributed by atoms with van der Waals surface area (Å²) in [7, 11) is 1.65. The number of amides is 1. The molecular weight excluding hydrogens is 344 g/mol. The smallest absolute Gasteiger partial charge is 0.224 e. The monoisotopic (exact) mass is 370 g/mol. The summed E-state index contributed by atoms with van der Waals surface area (Å²) in [6.45, 7) is 1.44. The number of benzene rings is 2. The molecule has 1 aliphatic rings. The van der Waals surface area contributed by atoms with Crippen molar-refractivity contribution in [1.82, 2.24) is 5.32 Å². The molecule has 3 rings (SSSR count). The van der Waals surface area contributed by atoms with Crippen molar-refractivity contribution in [3.63, 3.8) is 0 Å². The van der Waals surface area contributed by atoms with E-state index in [0.29, 0.717) is 19.4 Å². The zero-order valence-electron chi connectivity index (χ0n) is 15.5. The molecule has 1 aliphatic heterocycles. The first-order valence-electron chi connectivity index (χ1n) is 9.22. The van der Waals surface area contributed by atoms with Gasteiger partial charge in [-0.3, -0.25) is 4.79 Å². The first kappa shape index (κ1) is 19.2. The van der Waals surface area contributed by atoms with E-state index in [-0.39, 0.29) is 12.5 Å². The highest BCUT2D eigenvalue weighted by molar-refractivity contribution is 5.94. The van der Waals surface area contributed by atoms with Crippen LogP contribution in [-0.2, 0) is 17.6 Å². The minimum atomic E-state index is -0.602. The fraction of sp³-hybridized carbons (Fsp3) is 0.381. The van der Waals surface area contributed by atoms with E-state index < -0.39 is 6.10 Å². The van der Waals surface area contributed by atoms with Crippen molar-refractivity contribution < 1.29 is 19.4 Å². The van der Waals surface area contributed by atoms with Crippen LogP contribution in [0, 0.1) is 0 Å². The summed E-state index contributed by atoms with van der Waals surface area (Å²) in [4.78, 5) is 11.5. The Kier molecular flexibility index (Phi) is 6.68. The molecule has 2 aromatic rings. The van der Waals surface area contributed by atoms with E-state index in [1.165, 1.54) is 5.56 Å². The molecule has 0 fully saturated rings. The van der Waals surface area contributed by atoms with Crippen molar-refractivity contribution in [3.05, 3.63) is 53.6 Å². The molecule has 0 bridgehead atoms. The Morgan fingerprint density at radius 2 is 2.00 bits per heavy atom. The van der Waals surface area contributed by atoms with Gasteiger partial charge in [-0.2, -0.15) is 0 Å². The number of hydrogen-bond acceptors (Lipinski definition) is 5. The van der Waals surface area contributed by atoms with E-state index in [0.717, 1.165) is 35.7 Å². The van der Waals surface area contributed by atoms with E-state index in [2.05, 4.69) is 10.6 Å². The van der Waals surface area contributed by atoms with Gasteiger partial charge in [0.2, 0.25) is 5.91 Å². The average molecular weight is 370 g/mol. The molecule has 6 nitrogen and oxygen atoms in total. The number of fused-ring (bicyclic) bond motifs is 1. The SMILES string of the molecule is COc1ccc(CCNC[C@@H](O)COc2cccc3c2CCC(=O)N3)cc1. The van der Waals surface area contributed by atoms with Crippen molar-refractivity contribution in [3.8, 4) is 11.5 Å². The molecule has 3 N–H and O–H groups in total. The summed E-state index contributed by atoms with van der Waals surface area (Å²) >= 11 is 0. The van der Waals surface area contributed by atoms with Gasteiger partial charge in [0.1, 0.15) is 24.2 Å². The standard InChI is InChI=1S/C21H26N2O4/c1-26-17-7-5-15(6-8-17)11-12-22-13-16(24)14-27-20-4-2-3-19-18(20)9-10-21(25)23-19/h2-8,16,22,24H,9-14H2,1H3,(H,23,25)/t16-/m1/s1. The number of hydrogen-bond donors (Lipinski definition) is 3. The highest BCUT2D eigenvalue weighted by Crippen LogP contribution is 2.31. The number of ether oxygens (including phenoxy) is 2. The van der Waals surface area contributed by atoms with Crippen molar-refractivity contribution in [2.45, 2.75) is 25.4 Å². The Labute approximate surface area is 159 Å². The zero-order valence-corrected chi connectivity index (χ0v) is 15.5. The van der Waals surface area contributed by atoms with Crippen LogP contribution in [-0.4, -0.2) is 43.9 Å². The van der Waals surface area contributed by atoms with Gasteiger partial charge in [-0.1, -0.05) is 18.2 Å². The van der Waals surface area contributed by atoms with Crippen LogP contribution in [0.5, 0.6) is 11.5 Å². The maximum atomic E-state index is 11.5. The minimum Gasteiger partial charge on any atom is -0.497 e. The summed E-state index contributed by atoms with van der Waals surface area (Å²) < 4.78 is 10.9.